The SMILES string of the molecule is CCC(CCO)NC(=O)c1cc(OC)ccc1OC. The first-order valence-corrected chi connectivity index (χ1v) is 6.30. The summed E-state index contributed by atoms with van der Waals surface area (Å²) in [7, 11) is 3.06. The molecule has 1 atom stereocenters. The van der Waals surface area contributed by atoms with Crippen LogP contribution in [0.1, 0.15) is 30.1 Å². The van der Waals surface area contributed by atoms with Crippen LogP contribution in [0.3, 0.4) is 0 Å². The van der Waals surface area contributed by atoms with E-state index in [4.69, 9.17) is 14.6 Å². The summed E-state index contributed by atoms with van der Waals surface area (Å²) in [4.78, 5) is 12.2. The van der Waals surface area contributed by atoms with Crippen LogP contribution in [0.5, 0.6) is 11.5 Å². The number of aliphatic hydroxyl groups is 1. The normalized spacial score (nSPS) is 11.8. The maximum atomic E-state index is 12.2. The number of ether oxygens (including phenoxy) is 2. The van der Waals surface area contributed by atoms with Crippen LogP contribution in [0, 0.1) is 0 Å². The fourth-order valence-electron chi connectivity index (χ4n) is 1.79. The highest BCUT2D eigenvalue weighted by Crippen LogP contribution is 2.24. The zero-order valence-corrected chi connectivity index (χ0v) is 11.6. The van der Waals surface area contributed by atoms with E-state index in [0.29, 0.717) is 23.5 Å². The Morgan fingerprint density at radius 2 is 2.11 bits per heavy atom. The van der Waals surface area contributed by atoms with Crippen molar-refractivity contribution < 1.29 is 19.4 Å². The summed E-state index contributed by atoms with van der Waals surface area (Å²) < 4.78 is 10.3. The van der Waals surface area contributed by atoms with Gasteiger partial charge in [-0.3, -0.25) is 4.79 Å². The fourth-order valence-corrected chi connectivity index (χ4v) is 1.79. The van der Waals surface area contributed by atoms with E-state index >= 15 is 0 Å². The lowest BCUT2D eigenvalue weighted by Crippen LogP contribution is -2.35. The molecule has 1 rings (SSSR count). The number of methoxy groups -OCH3 is 2. The third kappa shape index (κ3) is 4.13. The van der Waals surface area contributed by atoms with Crippen LogP contribution >= 0.6 is 0 Å². The van der Waals surface area contributed by atoms with Gasteiger partial charge in [0.25, 0.3) is 5.91 Å². The van der Waals surface area contributed by atoms with Gasteiger partial charge < -0.3 is 19.9 Å². The van der Waals surface area contributed by atoms with Crippen LogP contribution in [0.25, 0.3) is 0 Å². The Balaban J connectivity index is 2.90. The molecule has 0 saturated heterocycles. The number of carbonyl (C=O) groups excluding carboxylic acids is 1. The summed E-state index contributed by atoms with van der Waals surface area (Å²) in [6.07, 6.45) is 1.30. The molecule has 19 heavy (non-hydrogen) atoms. The summed E-state index contributed by atoms with van der Waals surface area (Å²) in [5.41, 5.74) is 0.429. The third-order valence-electron chi connectivity index (χ3n) is 2.96. The Kier molecular flexibility index (Phi) is 6.15. The largest absolute Gasteiger partial charge is 0.497 e. The predicted octanol–water partition coefficient (Wildman–Crippen LogP) is 1.59. The van der Waals surface area contributed by atoms with Crippen LogP contribution < -0.4 is 14.8 Å². The number of hydrogen-bond donors (Lipinski definition) is 2. The Labute approximate surface area is 113 Å². The van der Waals surface area contributed by atoms with Gasteiger partial charge in [-0.05, 0) is 31.0 Å². The highest BCUT2D eigenvalue weighted by Gasteiger charge is 2.16. The summed E-state index contributed by atoms with van der Waals surface area (Å²) in [5, 5.41) is 11.8. The van der Waals surface area contributed by atoms with Gasteiger partial charge in [-0.2, -0.15) is 0 Å². The minimum Gasteiger partial charge on any atom is -0.497 e. The van der Waals surface area contributed by atoms with Crippen molar-refractivity contribution in [2.24, 2.45) is 0 Å². The number of amides is 1. The Hall–Kier alpha value is -1.75. The van der Waals surface area contributed by atoms with E-state index in [0.717, 1.165) is 6.42 Å². The van der Waals surface area contributed by atoms with Gasteiger partial charge in [0.15, 0.2) is 0 Å². The molecule has 0 aliphatic heterocycles. The molecule has 0 aliphatic carbocycles. The molecule has 0 radical (unpaired) electrons. The van der Waals surface area contributed by atoms with Crippen molar-refractivity contribution in [3.63, 3.8) is 0 Å². The molecule has 0 spiro atoms. The highest BCUT2D eigenvalue weighted by molar-refractivity contribution is 5.97. The number of aliphatic hydroxyl groups excluding tert-OH is 1. The maximum Gasteiger partial charge on any atom is 0.255 e. The van der Waals surface area contributed by atoms with Gasteiger partial charge in [0.05, 0.1) is 19.8 Å². The highest BCUT2D eigenvalue weighted by atomic mass is 16.5. The Morgan fingerprint density at radius 1 is 1.37 bits per heavy atom. The molecular weight excluding hydrogens is 246 g/mol. The van der Waals surface area contributed by atoms with Crippen LogP contribution in [0.4, 0.5) is 0 Å². The maximum absolute atomic E-state index is 12.2. The van der Waals surface area contributed by atoms with Gasteiger partial charge in [-0.25, -0.2) is 0 Å². The summed E-state index contributed by atoms with van der Waals surface area (Å²) in [6, 6.07) is 5.02. The van der Waals surface area contributed by atoms with E-state index in [1.165, 1.54) is 7.11 Å². The summed E-state index contributed by atoms with van der Waals surface area (Å²) >= 11 is 0. The van der Waals surface area contributed by atoms with Crippen LogP contribution in [-0.4, -0.2) is 37.9 Å². The lowest BCUT2D eigenvalue weighted by molar-refractivity contribution is 0.0925. The van der Waals surface area contributed by atoms with Gasteiger partial charge in [0.1, 0.15) is 11.5 Å². The molecule has 1 unspecified atom stereocenters. The molecule has 0 heterocycles. The number of nitrogens with one attached hydrogen (secondary N) is 1. The number of benzene rings is 1. The van der Waals surface area contributed by atoms with E-state index in [1.54, 1.807) is 25.3 Å². The van der Waals surface area contributed by atoms with Crippen molar-refractivity contribution in [1.29, 1.82) is 0 Å². The first-order chi connectivity index (χ1) is 9.15. The molecule has 1 aromatic carbocycles. The van der Waals surface area contributed by atoms with E-state index in [1.807, 2.05) is 6.92 Å². The van der Waals surface area contributed by atoms with E-state index in [-0.39, 0.29) is 18.6 Å². The summed E-state index contributed by atoms with van der Waals surface area (Å²) in [5.74, 6) is 0.870. The minimum atomic E-state index is -0.226. The average Bonchev–Trinajstić information content (AvgIpc) is 2.45. The molecule has 5 heteroatoms. The van der Waals surface area contributed by atoms with Gasteiger partial charge in [-0.1, -0.05) is 6.92 Å². The second-order valence-corrected chi connectivity index (χ2v) is 4.16. The first-order valence-electron chi connectivity index (χ1n) is 6.30. The number of carbonyl (C=O) groups is 1. The monoisotopic (exact) mass is 267 g/mol. The number of hydrogen-bond acceptors (Lipinski definition) is 4. The van der Waals surface area contributed by atoms with Crippen LogP contribution in [0.2, 0.25) is 0 Å². The van der Waals surface area contributed by atoms with E-state index in [9.17, 15) is 4.79 Å². The molecule has 5 nitrogen and oxygen atoms in total. The average molecular weight is 267 g/mol. The summed E-state index contributed by atoms with van der Waals surface area (Å²) in [6.45, 7) is 2.01. The fraction of sp³-hybridized carbons (Fsp3) is 0.500. The zero-order chi connectivity index (χ0) is 14.3. The standard InChI is InChI=1S/C14H21NO4/c1-4-10(7-8-16)15-14(17)12-9-11(18-2)5-6-13(12)19-3/h5-6,9-10,16H,4,7-8H2,1-3H3,(H,15,17). The smallest absolute Gasteiger partial charge is 0.255 e. The molecule has 2 N–H and O–H groups in total. The topological polar surface area (TPSA) is 67.8 Å². The second-order valence-electron chi connectivity index (χ2n) is 4.16. The van der Waals surface area contributed by atoms with Gasteiger partial charge in [-0.15, -0.1) is 0 Å². The van der Waals surface area contributed by atoms with Crippen molar-refractivity contribution in [1.82, 2.24) is 5.32 Å². The van der Waals surface area contributed by atoms with E-state index in [2.05, 4.69) is 5.32 Å². The van der Waals surface area contributed by atoms with Crippen LogP contribution in [-0.2, 0) is 0 Å². The van der Waals surface area contributed by atoms with Gasteiger partial charge in [0, 0.05) is 12.6 Å². The number of rotatable bonds is 7. The molecule has 0 aromatic heterocycles. The zero-order valence-electron chi connectivity index (χ0n) is 11.6. The first kappa shape index (κ1) is 15.3. The minimum absolute atomic E-state index is 0.0478. The van der Waals surface area contributed by atoms with Crippen molar-refractivity contribution in [3.05, 3.63) is 23.8 Å². The van der Waals surface area contributed by atoms with Crippen molar-refractivity contribution in [2.45, 2.75) is 25.8 Å². The molecule has 0 saturated carbocycles. The van der Waals surface area contributed by atoms with Gasteiger partial charge >= 0.3 is 0 Å². The molecule has 0 aliphatic rings. The molecule has 106 valence electrons. The molecule has 1 aromatic rings. The third-order valence-corrected chi connectivity index (χ3v) is 2.96. The molecule has 0 fully saturated rings. The second kappa shape index (κ2) is 7.63. The Bertz CT molecular complexity index is 420. The molecule has 1 amide bonds. The lowest BCUT2D eigenvalue weighted by atomic mass is 10.1. The molecular formula is C14H21NO4. The predicted molar refractivity (Wildman–Crippen MR) is 72.8 cm³/mol. The van der Waals surface area contributed by atoms with Crippen LogP contribution in [0.15, 0.2) is 18.2 Å². The lowest BCUT2D eigenvalue weighted by Gasteiger charge is -2.17. The quantitative estimate of drug-likeness (QED) is 0.787. The van der Waals surface area contributed by atoms with E-state index < -0.39 is 0 Å². The van der Waals surface area contributed by atoms with Crippen molar-refractivity contribution >= 4 is 5.91 Å². The van der Waals surface area contributed by atoms with Gasteiger partial charge in [0.2, 0.25) is 0 Å². The Morgan fingerprint density at radius 3 is 2.63 bits per heavy atom. The molecule has 0 bridgehead atoms. The van der Waals surface area contributed by atoms with Crippen molar-refractivity contribution in [3.8, 4) is 11.5 Å². The van der Waals surface area contributed by atoms with Crippen molar-refractivity contribution in [2.75, 3.05) is 20.8 Å².